The Morgan fingerprint density at radius 2 is 1.89 bits per heavy atom. The molecule has 19 heavy (non-hydrogen) atoms. The summed E-state index contributed by atoms with van der Waals surface area (Å²) in [6, 6.07) is 7.93. The zero-order valence-corrected chi connectivity index (χ0v) is 10.1. The maximum atomic E-state index is 13.5. The van der Waals surface area contributed by atoms with E-state index < -0.39 is 11.6 Å². The molecule has 0 saturated heterocycles. The van der Waals surface area contributed by atoms with Crippen molar-refractivity contribution >= 4 is 5.69 Å². The van der Waals surface area contributed by atoms with E-state index in [9.17, 15) is 8.78 Å². The molecule has 0 saturated carbocycles. The molecular weight excluding hydrogens is 250 g/mol. The molecular formula is C14H10F2N2O. The van der Waals surface area contributed by atoms with Crippen molar-refractivity contribution in [2.24, 2.45) is 0 Å². The lowest BCUT2D eigenvalue weighted by Gasteiger charge is -2.10. The zero-order valence-electron chi connectivity index (χ0n) is 10.1. The van der Waals surface area contributed by atoms with E-state index in [4.69, 9.17) is 15.7 Å². The summed E-state index contributed by atoms with van der Waals surface area (Å²) in [5, 5.41) is 8.92. The SMILES string of the molecule is Cc1cc(N)c(Oc2ccc(F)cc2F)cc1C#N. The van der Waals surface area contributed by atoms with E-state index in [0.717, 1.165) is 12.1 Å². The number of nitrogens with zero attached hydrogens (tertiary/aromatic N) is 1. The van der Waals surface area contributed by atoms with Crippen LogP contribution in [0.4, 0.5) is 14.5 Å². The second kappa shape index (κ2) is 4.94. The van der Waals surface area contributed by atoms with Crippen LogP contribution in [0.5, 0.6) is 11.5 Å². The van der Waals surface area contributed by atoms with Gasteiger partial charge in [-0.15, -0.1) is 0 Å². The predicted molar refractivity (Wildman–Crippen MR) is 66.7 cm³/mol. The van der Waals surface area contributed by atoms with Crippen molar-refractivity contribution in [1.82, 2.24) is 0 Å². The molecule has 0 aliphatic rings. The number of hydrogen-bond acceptors (Lipinski definition) is 3. The van der Waals surface area contributed by atoms with Crippen LogP contribution in [-0.4, -0.2) is 0 Å². The maximum Gasteiger partial charge on any atom is 0.168 e. The van der Waals surface area contributed by atoms with E-state index in [2.05, 4.69) is 0 Å². The molecule has 3 nitrogen and oxygen atoms in total. The fourth-order valence-electron chi connectivity index (χ4n) is 1.60. The van der Waals surface area contributed by atoms with E-state index in [1.807, 2.05) is 6.07 Å². The highest BCUT2D eigenvalue weighted by Crippen LogP contribution is 2.31. The van der Waals surface area contributed by atoms with Crippen molar-refractivity contribution in [3.05, 3.63) is 53.1 Å². The monoisotopic (exact) mass is 260 g/mol. The minimum absolute atomic E-state index is 0.152. The fourth-order valence-corrected chi connectivity index (χ4v) is 1.60. The number of ether oxygens (including phenoxy) is 1. The molecule has 2 aromatic carbocycles. The first-order valence-corrected chi connectivity index (χ1v) is 5.44. The normalized spacial score (nSPS) is 10.0. The molecule has 5 heteroatoms. The van der Waals surface area contributed by atoms with Crippen LogP contribution in [-0.2, 0) is 0 Å². The van der Waals surface area contributed by atoms with Gasteiger partial charge in [0, 0.05) is 12.1 Å². The number of nitrogen functional groups attached to an aromatic ring is 1. The van der Waals surface area contributed by atoms with Gasteiger partial charge < -0.3 is 10.5 Å². The van der Waals surface area contributed by atoms with E-state index in [-0.39, 0.29) is 17.2 Å². The molecule has 0 atom stereocenters. The van der Waals surface area contributed by atoms with Gasteiger partial charge in [0.2, 0.25) is 0 Å². The van der Waals surface area contributed by atoms with Crippen molar-refractivity contribution in [3.63, 3.8) is 0 Å². The number of hydrogen-bond donors (Lipinski definition) is 1. The molecule has 0 fully saturated rings. The maximum absolute atomic E-state index is 13.5. The molecule has 0 amide bonds. The Kier molecular flexibility index (Phi) is 3.34. The molecule has 0 unspecified atom stereocenters. The summed E-state index contributed by atoms with van der Waals surface area (Å²) in [6.07, 6.45) is 0. The summed E-state index contributed by atoms with van der Waals surface area (Å²) in [5.74, 6) is -1.52. The number of nitrogens with two attached hydrogens (primary N) is 1. The smallest absolute Gasteiger partial charge is 0.168 e. The van der Waals surface area contributed by atoms with Gasteiger partial charge in [0.15, 0.2) is 17.3 Å². The van der Waals surface area contributed by atoms with Gasteiger partial charge in [-0.05, 0) is 30.7 Å². The van der Waals surface area contributed by atoms with E-state index in [1.54, 1.807) is 13.0 Å². The topological polar surface area (TPSA) is 59.0 Å². The average molecular weight is 260 g/mol. The number of anilines is 1. The standard InChI is InChI=1S/C14H10F2N2O/c1-8-4-12(18)14(5-9(8)7-17)19-13-3-2-10(15)6-11(13)16/h2-6H,18H2,1H3. The Morgan fingerprint density at radius 1 is 1.16 bits per heavy atom. The second-order valence-corrected chi connectivity index (χ2v) is 3.99. The van der Waals surface area contributed by atoms with Gasteiger partial charge >= 0.3 is 0 Å². The van der Waals surface area contributed by atoms with Crippen LogP contribution in [0.2, 0.25) is 0 Å². The molecule has 2 aromatic rings. The van der Waals surface area contributed by atoms with Crippen LogP contribution in [0.25, 0.3) is 0 Å². The van der Waals surface area contributed by atoms with Gasteiger partial charge in [0.25, 0.3) is 0 Å². The highest BCUT2D eigenvalue weighted by Gasteiger charge is 2.10. The Bertz CT molecular complexity index is 678. The Labute approximate surface area is 108 Å². The van der Waals surface area contributed by atoms with Crippen LogP contribution in [0.15, 0.2) is 30.3 Å². The second-order valence-electron chi connectivity index (χ2n) is 3.99. The Hall–Kier alpha value is -2.61. The van der Waals surface area contributed by atoms with Crippen LogP contribution in [0.3, 0.4) is 0 Å². The molecule has 0 radical (unpaired) electrons. The lowest BCUT2D eigenvalue weighted by Crippen LogP contribution is -1.96. The van der Waals surface area contributed by atoms with E-state index >= 15 is 0 Å². The van der Waals surface area contributed by atoms with Crippen LogP contribution >= 0.6 is 0 Å². The number of benzene rings is 2. The molecule has 0 spiro atoms. The van der Waals surface area contributed by atoms with E-state index in [0.29, 0.717) is 17.2 Å². The van der Waals surface area contributed by atoms with Crippen LogP contribution in [0, 0.1) is 29.9 Å². The minimum atomic E-state index is -0.835. The van der Waals surface area contributed by atoms with Crippen LogP contribution < -0.4 is 10.5 Å². The summed E-state index contributed by atoms with van der Waals surface area (Å²) in [4.78, 5) is 0. The third-order valence-electron chi connectivity index (χ3n) is 2.59. The number of halogens is 2. The highest BCUT2D eigenvalue weighted by atomic mass is 19.1. The summed E-state index contributed by atoms with van der Waals surface area (Å²) in [7, 11) is 0. The molecule has 2 N–H and O–H groups in total. The first-order valence-electron chi connectivity index (χ1n) is 5.44. The third-order valence-corrected chi connectivity index (χ3v) is 2.59. The molecule has 0 aliphatic carbocycles. The average Bonchev–Trinajstić information content (AvgIpc) is 2.35. The van der Waals surface area contributed by atoms with Gasteiger partial charge in [-0.25, -0.2) is 8.78 Å². The molecule has 2 rings (SSSR count). The van der Waals surface area contributed by atoms with Crippen molar-refractivity contribution < 1.29 is 13.5 Å². The molecule has 0 aromatic heterocycles. The molecule has 0 heterocycles. The van der Waals surface area contributed by atoms with Gasteiger partial charge in [0.1, 0.15) is 5.82 Å². The summed E-state index contributed by atoms with van der Waals surface area (Å²) < 4.78 is 31.5. The first kappa shape index (κ1) is 12.8. The fraction of sp³-hybridized carbons (Fsp3) is 0.0714. The largest absolute Gasteiger partial charge is 0.452 e. The van der Waals surface area contributed by atoms with Gasteiger partial charge in [-0.2, -0.15) is 5.26 Å². The summed E-state index contributed by atoms with van der Waals surface area (Å²) in [6.45, 7) is 1.73. The number of nitriles is 1. The van der Waals surface area contributed by atoms with E-state index in [1.165, 1.54) is 6.07 Å². The number of aryl methyl sites for hydroxylation is 1. The summed E-state index contributed by atoms with van der Waals surface area (Å²) >= 11 is 0. The van der Waals surface area contributed by atoms with Gasteiger partial charge in [0.05, 0.1) is 17.3 Å². The Balaban J connectivity index is 2.41. The van der Waals surface area contributed by atoms with Crippen LogP contribution in [0.1, 0.15) is 11.1 Å². The van der Waals surface area contributed by atoms with Gasteiger partial charge in [-0.1, -0.05) is 0 Å². The zero-order chi connectivity index (χ0) is 14.0. The number of rotatable bonds is 2. The quantitative estimate of drug-likeness (QED) is 0.840. The lowest BCUT2D eigenvalue weighted by molar-refractivity contribution is 0.439. The third kappa shape index (κ3) is 2.63. The van der Waals surface area contributed by atoms with Crippen molar-refractivity contribution in [2.45, 2.75) is 6.92 Å². The molecule has 96 valence electrons. The lowest BCUT2D eigenvalue weighted by atomic mass is 10.1. The summed E-state index contributed by atoms with van der Waals surface area (Å²) in [5.41, 5.74) is 7.10. The first-order chi connectivity index (χ1) is 9.01. The minimum Gasteiger partial charge on any atom is -0.452 e. The Morgan fingerprint density at radius 3 is 2.53 bits per heavy atom. The van der Waals surface area contributed by atoms with Gasteiger partial charge in [-0.3, -0.25) is 0 Å². The molecule has 0 aliphatic heterocycles. The van der Waals surface area contributed by atoms with Crippen molar-refractivity contribution in [3.8, 4) is 17.6 Å². The predicted octanol–water partition coefficient (Wildman–Crippen LogP) is 3.52. The molecule has 0 bridgehead atoms. The van der Waals surface area contributed by atoms with Crippen molar-refractivity contribution in [1.29, 1.82) is 5.26 Å². The highest BCUT2D eigenvalue weighted by molar-refractivity contribution is 5.60. The van der Waals surface area contributed by atoms with Crippen molar-refractivity contribution in [2.75, 3.05) is 5.73 Å².